The van der Waals surface area contributed by atoms with Gasteiger partial charge in [0.15, 0.2) is 5.69 Å². The fourth-order valence-corrected chi connectivity index (χ4v) is 1.71. The lowest BCUT2D eigenvalue weighted by molar-refractivity contribution is 0.0691. The summed E-state index contributed by atoms with van der Waals surface area (Å²) in [6.07, 6.45) is 6.18. The summed E-state index contributed by atoms with van der Waals surface area (Å²) in [5.74, 6) is -1.02. The smallest absolute Gasteiger partial charge is 0.356 e. The SMILES string of the molecule is COCCC=Cc1c(C(=O)O)nc2ccccn12. The second kappa shape index (κ2) is 5.46. The average Bonchev–Trinajstić information content (AvgIpc) is 2.74. The summed E-state index contributed by atoms with van der Waals surface area (Å²) in [6, 6.07) is 5.44. The van der Waals surface area contributed by atoms with Gasteiger partial charge in [0.25, 0.3) is 0 Å². The molecule has 0 saturated heterocycles. The molecule has 94 valence electrons. The minimum absolute atomic E-state index is 0.0647. The molecule has 0 radical (unpaired) electrons. The number of nitrogens with zero attached hydrogens (tertiary/aromatic N) is 2. The summed E-state index contributed by atoms with van der Waals surface area (Å²) >= 11 is 0. The van der Waals surface area contributed by atoms with Crippen LogP contribution in [0.3, 0.4) is 0 Å². The summed E-state index contributed by atoms with van der Waals surface area (Å²) in [7, 11) is 1.63. The van der Waals surface area contributed by atoms with Crippen molar-refractivity contribution >= 4 is 17.7 Å². The number of imidazole rings is 1. The average molecular weight is 246 g/mol. The second-order valence-corrected chi connectivity index (χ2v) is 3.76. The van der Waals surface area contributed by atoms with Gasteiger partial charge in [0.1, 0.15) is 5.65 Å². The number of aromatic carboxylic acids is 1. The maximum atomic E-state index is 11.1. The second-order valence-electron chi connectivity index (χ2n) is 3.76. The number of pyridine rings is 1. The number of aromatic nitrogens is 2. The van der Waals surface area contributed by atoms with Crippen LogP contribution >= 0.6 is 0 Å². The number of rotatable bonds is 5. The van der Waals surface area contributed by atoms with Crippen LogP contribution in [0.2, 0.25) is 0 Å². The van der Waals surface area contributed by atoms with Crippen molar-refractivity contribution in [1.82, 2.24) is 9.38 Å². The van der Waals surface area contributed by atoms with Crippen LogP contribution in [-0.2, 0) is 4.74 Å². The number of ether oxygens (including phenoxy) is 1. The van der Waals surface area contributed by atoms with E-state index in [1.54, 1.807) is 29.8 Å². The highest BCUT2D eigenvalue weighted by atomic mass is 16.5. The third kappa shape index (κ3) is 2.41. The van der Waals surface area contributed by atoms with Gasteiger partial charge in [-0.25, -0.2) is 9.78 Å². The van der Waals surface area contributed by atoms with E-state index in [2.05, 4.69) is 4.98 Å². The number of fused-ring (bicyclic) bond motifs is 1. The number of carboxylic acid groups (broad SMARTS) is 1. The normalized spacial score (nSPS) is 11.4. The van der Waals surface area contributed by atoms with E-state index in [4.69, 9.17) is 9.84 Å². The molecule has 2 heterocycles. The lowest BCUT2D eigenvalue weighted by Gasteiger charge is -1.97. The first kappa shape index (κ1) is 12.3. The van der Waals surface area contributed by atoms with Crippen LogP contribution in [0, 0.1) is 0 Å². The summed E-state index contributed by atoms with van der Waals surface area (Å²) in [5.41, 5.74) is 1.27. The molecule has 0 bridgehead atoms. The van der Waals surface area contributed by atoms with Crippen LogP contribution in [0.1, 0.15) is 22.6 Å². The van der Waals surface area contributed by atoms with Crippen molar-refractivity contribution in [1.29, 1.82) is 0 Å². The minimum atomic E-state index is -1.02. The number of hydrogen-bond donors (Lipinski definition) is 1. The molecule has 0 aliphatic heterocycles. The molecule has 0 aliphatic carbocycles. The van der Waals surface area contributed by atoms with Gasteiger partial charge in [0.05, 0.1) is 5.69 Å². The van der Waals surface area contributed by atoms with Crippen LogP contribution < -0.4 is 0 Å². The molecule has 0 atom stereocenters. The Morgan fingerprint density at radius 1 is 1.56 bits per heavy atom. The van der Waals surface area contributed by atoms with Gasteiger partial charge in [-0.05, 0) is 24.6 Å². The fraction of sp³-hybridized carbons (Fsp3) is 0.231. The molecular formula is C13H14N2O3. The number of methoxy groups -OCH3 is 1. The van der Waals surface area contributed by atoms with E-state index >= 15 is 0 Å². The van der Waals surface area contributed by atoms with Crippen molar-refractivity contribution in [3.05, 3.63) is 41.9 Å². The maximum absolute atomic E-state index is 11.1. The lowest BCUT2D eigenvalue weighted by Crippen LogP contribution is -1.99. The molecule has 2 aromatic rings. The van der Waals surface area contributed by atoms with E-state index in [-0.39, 0.29) is 5.69 Å². The van der Waals surface area contributed by atoms with Crippen LogP contribution in [-0.4, -0.2) is 34.2 Å². The summed E-state index contributed by atoms with van der Waals surface area (Å²) < 4.78 is 6.69. The van der Waals surface area contributed by atoms with E-state index in [0.29, 0.717) is 17.9 Å². The van der Waals surface area contributed by atoms with Crippen LogP contribution in [0.4, 0.5) is 0 Å². The minimum Gasteiger partial charge on any atom is -0.476 e. The highest BCUT2D eigenvalue weighted by molar-refractivity contribution is 5.90. The van der Waals surface area contributed by atoms with Crippen molar-refractivity contribution in [3.63, 3.8) is 0 Å². The zero-order chi connectivity index (χ0) is 13.0. The fourth-order valence-electron chi connectivity index (χ4n) is 1.71. The van der Waals surface area contributed by atoms with Gasteiger partial charge >= 0.3 is 5.97 Å². The molecule has 0 spiro atoms. The molecule has 0 saturated carbocycles. The summed E-state index contributed by atoms with van der Waals surface area (Å²) in [4.78, 5) is 15.2. The van der Waals surface area contributed by atoms with E-state index in [1.165, 1.54) is 0 Å². The maximum Gasteiger partial charge on any atom is 0.356 e. The van der Waals surface area contributed by atoms with Crippen molar-refractivity contribution in [2.24, 2.45) is 0 Å². The molecule has 0 aliphatic rings. The van der Waals surface area contributed by atoms with Crippen LogP contribution in [0.15, 0.2) is 30.5 Å². The van der Waals surface area contributed by atoms with Crippen molar-refractivity contribution in [2.75, 3.05) is 13.7 Å². The Labute approximate surface area is 104 Å². The van der Waals surface area contributed by atoms with Crippen molar-refractivity contribution < 1.29 is 14.6 Å². The van der Waals surface area contributed by atoms with Gasteiger partial charge in [-0.1, -0.05) is 12.1 Å². The Balaban J connectivity index is 2.42. The van der Waals surface area contributed by atoms with E-state index < -0.39 is 5.97 Å². The Morgan fingerprint density at radius 2 is 2.39 bits per heavy atom. The van der Waals surface area contributed by atoms with Crippen LogP contribution in [0.5, 0.6) is 0 Å². The Bertz CT molecular complexity index is 587. The Morgan fingerprint density at radius 3 is 3.11 bits per heavy atom. The Hall–Kier alpha value is -2.14. The molecule has 0 amide bonds. The predicted molar refractivity (Wildman–Crippen MR) is 67.7 cm³/mol. The zero-order valence-electron chi connectivity index (χ0n) is 10.0. The number of hydrogen-bond acceptors (Lipinski definition) is 3. The molecule has 0 aromatic carbocycles. The van der Waals surface area contributed by atoms with E-state index in [1.807, 2.05) is 18.2 Å². The lowest BCUT2D eigenvalue weighted by atomic mass is 10.2. The van der Waals surface area contributed by atoms with Gasteiger partial charge in [-0.15, -0.1) is 0 Å². The molecule has 2 aromatic heterocycles. The topological polar surface area (TPSA) is 63.8 Å². The number of carbonyl (C=O) groups is 1. The molecule has 5 nitrogen and oxygen atoms in total. The molecule has 2 rings (SSSR count). The molecule has 5 heteroatoms. The largest absolute Gasteiger partial charge is 0.476 e. The number of carboxylic acids is 1. The highest BCUT2D eigenvalue weighted by Gasteiger charge is 2.15. The van der Waals surface area contributed by atoms with Gasteiger partial charge in [0.2, 0.25) is 0 Å². The highest BCUT2D eigenvalue weighted by Crippen LogP contribution is 2.14. The molecule has 0 fully saturated rings. The van der Waals surface area contributed by atoms with Gasteiger partial charge in [-0.3, -0.25) is 4.40 Å². The summed E-state index contributed by atoms with van der Waals surface area (Å²) in [6.45, 7) is 0.607. The zero-order valence-corrected chi connectivity index (χ0v) is 10.0. The first-order valence-electron chi connectivity index (χ1n) is 5.60. The Kier molecular flexibility index (Phi) is 3.74. The monoisotopic (exact) mass is 246 g/mol. The molecular weight excluding hydrogens is 232 g/mol. The first-order valence-corrected chi connectivity index (χ1v) is 5.60. The van der Waals surface area contributed by atoms with Gasteiger partial charge in [-0.2, -0.15) is 0 Å². The predicted octanol–water partition coefficient (Wildman–Crippen LogP) is 2.08. The van der Waals surface area contributed by atoms with E-state index in [9.17, 15) is 4.79 Å². The molecule has 18 heavy (non-hydrogen) atoms. The first-order chi connectivity index (χ1) is 8.74. The third-order valence-corrected chi connectivity index (χ3v) is 2.53. The van der Waals surface area contributed by atoms with Gasteiger partial charge < -0.3 is 9.84 Å². The van der Waals surface area contributed by atoms with E-state index in [0.717, 1.165) is 6.42 Å². The van der Waals surface area contributed by atoms with Crippen molar-refractivity contribution in [3.8, 4) is 0 Å². The molecule has 1 N–H and O–H groups in total. The van der Waals surface area contributed by atoms with Crippen LogP contribution in [0.25, 0.3) is 11.7 Å². The van der Waals surface area contributed by atoms with Gasteiger partial charge in [0, 0.05) is 19.9 Å². The van der Waals surface area contributed by atoms with Crippen molar-refractivity contribution in [2.45, 2.75) is 6.42 Å². The standard InChI is InChI=1S/C13H14N2O3/c1-18-9-5-3-6-10-12(13(16)17)14-11-7-2-4-8-15(10)11/h2-4,6-8H,5,9H2,1H3,(H,16,17). The third-order valence-electron chi connectivity index (χ3n) is 2.53. The quantitative estimate of drug-likeness (QED) is 0.820. The summed E-state index contributed by atoms with van der Waals surface area (Å²) in [5, 5.41) is 9.13. The molecule has 0 unspecified atom stereocenters.